The van der Waals surface area contributed by atoms with Gasteiger partial charge in [-0.1, -0.05) is 6.07 Å². The number of likely N-dealkylation sites (tertiary alicyclic amines) is 1. The summed E-state index contributed by atoms with van der Waals surface area (Å²) >= 11 is 0. The lowest BCUT2D eigenvalue weighted by Crippen LogP contribution is -2.42. The predicted molar refractivity (Wildman–Crippen MR) is 106 cm³/mol. The molecule has 27 heavy (non-hydrogen) atoms. The van der Waals surface area contributed by atoms with Crippen molar-refractivity contribution in [3.05, 3.63) is 46.8 Å². The van der Waals surface area contributed by atoms with E-state index in [9.17, 15) is 5.11 Å². The van der Waals surface area contributed by atoms with E-state index in [1.807, 2.05) is 25.1 Å². The minimum absolute atomic E-state index is 0.277. The molecule has 0 unspecified atom stereocenters. The van der Waals surface area contributed by atoms with Crippen LogP contribution in [0.4, 0.5) is 5.82 Å². The highest BCUT2D eigenvalue weighted by molar-refractivity contribution is 5.70. The number of hydrogen-bond donors (Lipinski definition) is 2. The minimum Gasteiger partial charge on any atom is -0.507 e. The molecule has 1 saturated carbocycles. The van der Waals surface area contributed by atoms with Crippen molar-refractivity contribution < 1.29 is 5.11 Å². The number of nitrogens with one attached hydrogen (secondary N) is 1. The van der Waals surface area contributed by atoms with Crippen molar-refractivity contribution in [1.29, 1.82) is 0 Å². The lowest BCUT2D eigenvalue weighted by molar-refractivity contribution is 0.236. The molecule has 2 aromatic rings. The number of rotatable bonds is 5. The third-order valence-corrected chi connectivity index (χ3v) is 5.44. The SMILES string of the molecule is [C-]#[N+]CN1CCC[C@@H](Nc2cc(C)c(-c3ccc(C4CC4)cc3O)nn2)C1. The van der Waals surface area contributed by atoms with Gasteiger partial charge in [-0.05, 0) is 67.9 Å². The Hall–Kier alpha value is -2.65. The highest BCUT2D eigenvalue weighted by atomic mass is 16.3. The van der Waals surface area contributed by atoms with Crippen LogP contribution in [0.15, 0.2) is 24.3 Å². The number of anilines is 1. The molecule has 6 nitrogen and oxygen atoms in total. The van der Waals surface area contributed by atoms with Crippen LogP contribution in [0.2, 0.25) is 0 Å². The molecule has 0 radical (unpaired) electrons. The van der Waals surface area contributed by atoms with Crippen LogP contribution in [0.1, 0.15) is 42.7 Å². The van der Waals surface area contributed by atoms with Crippen molar-refractivity contribution in [3.8, 4) is 17.0 Å². The Morgan fingerprint density at radius 2 is 2.11 bits per heavy atom. The second kappa shape index (κ2) is 7.53. The maximum Gasteiger partial charge on any atom is 0.270 e. The molecule has 2 fully saturated rings. The molecule has 2 heterocycles. The topological polar surface area (TPSA) is 65.6 Å². The van der Waals surface area contributed by atoms with Crippen molar-refractivity contribution in [1.82, 2.24) is 15.1 Å². The zero-order chi connectivity index (χ0) is 18.8. The number of phenolic OH excluding ortho intramolecular Hbond substituents is 1. The van der Waals surface area contributed by atoms with E-state index in [2.05, 4.69) is 31.3 Å². The number of hydrogen-bond acceptors (Lipinski definition) is 5. The number of piperidine rings is 1. The zero-order valence-corrected chi connectivity index (χ0v) is 15.6. The van der Waals surface area contributed by atoms with E-state index >= 15 is 0 Å². The van der Waals surface area contributed by atoms with Gasteiger partial charge in [-0.3, -0.25) is 4.85 Å². The van der Waals surface area contributed by atoms with Gasteiger partial charge in [-0.25, -0.2) is 11.5 Å². The van der Waals surface area contributed by atoms with Crippen LogP contribution < -0.4 is 5.32 Å². The van der Waals surface area contributed by atoms with Gasteiger partial charge in [0.2, 0.25) is 0 Å². The molecular weight excluding hydrogens is 338 g/mol. The van der Waals surface area contributed by atoms with Crippen LogP contribution in [0.5, 0.6) is 5.75 Å². The van der Waals surface area contributed by atoms with Crippen LogP contribution >= 0.6 is 0 Å². The Balaban J connectivity index is 1.48. The summed E-state index contributed by atoms with van der Waals surface area (Å²) in [5.41, 5.74) is 3.65. The fraction of sp³-hybridized carbons (Fsp3) is 0.476. The Morgan fingerprint density at radius 3 is 2.81 bits per heavy atom. The lowest BCUT2D eigenvalue weighted by atomic mass is 10.0. The molecule has 1 saturated heterocycles. The monoisotopic (exact) mass is 363 g/mol. The standard InChI is InChI=1S/C21H25N5O/c1-14-10-20(23-17-4-3-9-26(12-17)13-22-2)24-25-21(14)18-8-7-16(11-19(18)27)15-5-6-15/h7-8,10-11,15,17,27H,3-6,9,12-13H2,1H3,(H,23,24)/t17-/m1/s1. The summed E-state index contributed by atoms with van der Waals surface area (Å²) in [5, 5.41) is 22.6. The Kier molecular flexibility index (Phi) is 4.95. The molecule has 2 aliphatic rings. The highest BCUT2D eigenvalue weighted by Crippen LogP contribution is 2.42. The number of aryl methyl sites for hydroxylation is 1. The summed E-state index contributed by atoms with van der Waals surface area (Å²) in [5.74, 6) is 1.64. The van der Waals surface area contributed by atoms with Gasteiger partial charge < -0.3 is 10.4 Å². The first-order valence-electron chi connectivity index (χ1n) is 9.64. The molecule has 4 rings (SSSR count). The molecule has 1 aliphatic heterocycles. The first kappa shape index (κ1) is 17.7. The first-order valence-corrected chi connectivity index (χ1v) is 9.64. The summed E-state index contributed by atoms with van der Waals surface area (Å²) in [6.45, 7) is 11.3. The largest absolute Gasteiger partial charge is 0.507 e. The fourth-order valence-electron chi connectivity index (χ4n) is 3.85. The first-order chi connectivity index (χ1) is 13.1. The predicted octanol–water partition coefficient (Wildman–Crippen LogP) is 3.79. The number of aromatic nitrogens is 2. The van der Waals surface area contributed by atoms with E-state index in [4.69, 9.17) is 6.57 Å². The van der Waals surface area contributed by atoms with Gasteiger partial charge in [0.05, 0.1) is 5.69 Å². The summed E-state index contributed by atoms with van der Waals surface area (Å²) in [7, 11) is 0. The highest BCUT2D eigenvalue weighted by Gasteiger charge is 2.25. The van der Waals surface area contributed by atoms with Crippen molar-refractivity contribution in [2.75, 3.05) is 25.1 Å². The molecule has 140 valence electrons. The second-order valence-electron chi connectivity index (χ2n) is 7.67. The number of phenols is 1. The molecule has 1 atom stereocenters. The van der Waals surface area contributed by atoms with Gasteiger partial charge in [0.1, 0.15) is 11.6 Å². The minimum atomic E-state index is 0.277. The van der Waals surface area contributed by atoms with Gasteiger partial charge in [0.15, 0.2) is 0 Å². The fourth-order valence-corrected chi connectivity index (χ4v) is 3.85. The van der Waals surface area contributed by atoms with E-state index in [1.54, 1.807) is 0 Å². The second-order valence-corrected chi connectivity index (χ2v) is 7.67. The number of benzene rings is 1. The summed E-state index contributed by atoms with van der Waals surface area (Å²) in [6, 6.07) is 8.19. The van der Waals surface area contributed by atoms with Crippen LogP contribution in [-0.4, -0.2) is 46.0 Å². The molecule has 0 spiro atoms. The summed E-state index contributed by atoms with van der Waals surface area (Å²) in [6.07, 6.45) is 4.58. The molecule has 0 bridgehead atoms. The number of aromatic hydroxyl groups is 1. The zero-order valence-electron chi connectivity index (χ0n) is 15.6. The third-order valence-electron chi connectivity index (χ3n) is 5.44. The van der Waals surface area contributed by atoms with Crippen LogP contribution in [0.3, 0.4) is 0 Å². The lowest BCUT2D eigenvalue weighted by Gasteiger charge is -2.30. The molecule has 1 aromatic heterocycles. The third kappa shape index (κ3) is 4.04. The quantitative estimate of drug-likeness (QED) is 0.791. The van der Waals surface area contributed by atoms with E-state index in [-0.39, 0.29) is 11.8 Å². The van der Waals surface area contributed by atoms with Crippen molar-refractivity contribution in [2.24, 2.45) is 0 Å². The Labute approximate surface area is 160 Å². The van der Waals surface area contributed by atoms with E-state index < -0.39 is 0 Å². The van der Waals surface area contributed by atoms with Gasteiger partial charge in [-0.15, -0.1) is 10.2 Å². The van der Waals surface area contributed by atoms with Gasteiger partial charge in [0.25, 0.3) is 6.67 Å². The Morgan fingerprint density at radius 1 is 1.26 bits per heavy atom. The summed E-state index contributed by atoms with van der Waals surface area (Å²) < 4.78 is 0. The number of nitrogens with zero attached hydrogens (tertiary/aromatic N) is 4. The van der Waals surface area contributed by atoms with Crippen LogP contribution in [0, 0.1) is 13.5 Å². The molecule has 1 aliphatic carbocycles. The molecule has 1 aromatic carbocycles. The van der Waals surface area contributed by atoms with Gasteiger partial charge in [-0.2, -0.15) is 0 Å². The summed E-state index contributed by atoms with van der Waals surface area (Å²) in [4.78, 5) is 5.65. The van der Waals surface area contributed by atoms with Crippen molar-refractivity contribution in [2.45, 2.75) is 44.6 Å². The average Bonchev–Trinajstić information content (AvgIpc) is 3.48. The van der Waals surface area contributed by atoms with E-state index in [0.29, 0.717) is 12.6 Å². The maximum atomic E-state index is 10.4. The molecule has 6 heteroatoms. The van der Waals surface area contributed by atoms with Gasteiger partial charge >= 0.3 is 0 Å². The van der Waals surface area contributed by atoms with Gasteiger partial charge in [0, 0.05) is 24.7 Å². The van der Waals surface area contributed by atoms with E-state index in [0.717, 1.165) is 48.6 Å². The molecular formula is C21H25N5O. The van der Waals surface area contributed by atoms with E-state index in [1.165, 1.54) is 18.4 Å². The van der Waals surface area contributed by atoms with Crippen molar-refractivity contribution >= 4 is 5.82 Å². The van der Waals surface area contributed by atoms with Crippen molar-refractivity contribution in [3.63, 3.8) is 0 Å². The maximum absolute atomic E-state index is 10.4. The normalized spacial score (nSPS) is 20.2. The van der Waals surface area contributed by atoms with Crippen LogP contribution in [-0.2, 0) is 0 Å². The molecule has 2 N–H and O–H groups in total. The van der Waals surface area contributed by atoms with Crippen LogP contribution in [0.25, 0.3) is 16.1 Å². The molecule has 0 amide bonds. The average molecular weight is 363 g/mol. The Bertz CT molecular complexity index is 871. The smallest absolute Gasteiger partial charge is 0.270 e.